The Morgan fingerprint density at radius 1 is 1.75 bits per heavy atom. The topological polar surface area (TPSA) is 49.8 Å². The Morgan fingerprint density at radius 2 is 1.75 bits per heavy atom. The first-order valence-corrected chi connectivity index (χ1v) is 0.512. The van der Waals surface area contributed by atoms with E-state index >= 15 is 0 Å². The molecule has 0 saturated carbocycles. The van der Waals surface area contributed by atoms with Gasteiger partial charge in [0.2, 0.25) is 0 Å². The van der Waals surface area contributed by atoms with Gasteiger partial charge in [0.25, 0.3) is 0 Å². The van der Waals surface area contributed by atoms with Crippen molar-refractivity contribution in [1.82, 2.24) is 0 Å². The van der Waals surface area contributed by atoms with E-state index in [-0.39, 0.29) is 45.5 Å². The van der Waals surface area contributed by atoms with Gasteiger partial charge in [-0.25, -0.2) is 0 Å². The zero-order valence-corrected chi connectivity index (χ0v) is 1.52. The van der Waals surface area contributed by atoms with Crippen molar-refractivity contribution in [2.45, 2.75) is 0 Å². The van der Waals surface area contributed by atoms with Crippen molar-refractivity contribution in [3.8, 4) is 6.19 Å². The maximum absolute atomic E-state index is 7.10. The first-order valence-electron chi connectivity index (χ1n) is 0.512. The summed E-state index contributed by atoms with van der Waals surface area (Å²) in [7, 11) is 0. The number of hydrogen-bond donors (Lipinski definition) is 1. The maximum atomic E-state index is 7.10. The molecular weight excluding hydrogens is 128 g/mol. The van der Waals surface area contributed by atoms with Crippen LogP contribution in [0.25, 0.3) is 0 Å². The van der Waals surface area contributed by atoms with E-state index in [0.29, 0.717) is 0 Å². The van der Waals surface area contributed by atoms with E-state index in [2.05, 4.69) is 5.73 Å². The van der Waals surface area contributed by atoms with Gasteiger partial charge in [-0.2, -0.15) is 5.26 Å². The molecule has 0 atom stereocenters. The molecule has 0 unspecified atom stereocenters. The number of nitrogens with two attached hydrogens (primary N) is 1. The molecule has 0 bridgehead atoms. The summed E-state index contributed by atoms with van der Waals surface area (Å²) in [6.45, 7) is 0. The summed E-state index contributed by atoms with van der Waals surface area (Å²) in [6, 6.07) is 0. The van der Waals surface area contributed by atoms with Crippen molar-refractivity contribution in [2.75, 3.05) is 0 Å². The quantitative estimate of drug-likeness (QED) is 0.248. The molecule has 0 aromatic carbocycles. The van der Waals surface area contributed by atoms with Crippen LogP contribution in [0.15, 0.2) is 0 Å². The molecule has 4 heavy (non-hydrogen) atoms. The predicted molar refractivity (Wildman–Crippen MR) is 18.3 cm³/mol. The average Bonchev–Trinajstić information content (AvgIpc) is 0.918. The van der Waals surface area contributed by atoms with Gasteiger partial charge in [-0.3, -0.25) is 0 Å². The van der Waals surface area contributed by atoms with Gasteiger partial charge in [-0.15, -0.1) is 0 Å². The van der Waals surface area contributed by atoms with Crippen molar-refractivity contribution in [1.29, 1.82) is 5.26 Å². The summed E-state index contributed by atoms with van der Waals surface area (Å²) < 4.78 is 0. The van der Waals surface area contributed by atoms with E-state index in [1.807, 2.05) is 0 Å². The molecule has 0 fully saturated rings. The van der Waals surface area contributed by atoms with E-state index in [9.17, 15) is 0 Å². The third-order valence-corrected chi connectivity index (χ3v) is 0. The van der Waals surface area contributed by atoms with Crippen LogP contribution in [0.4, 0.5) is 0 Å². The van der Waals surface area contributed by atoms with Crippen LogP contribution in [0.3, 0.4) is 0 Å². The zero-order valence-electron chi connectivity index (χ0n) is 1.52. The number of hydrogen-bond acceptors (Lipinski definition) is 2. The summed E-state index contributed by atoms with van der Waals surface area (Å²) in [5.74, 6) is 0. The molecule has 0 aliphatic heterocycles. The minimum atomic E-state index is 0. The predicted octanol–water partition coefficient (Wildman–Crippen LogP) is -1.49. The van der Waals surface area contributed by atoms with Gasteiger partial charge in [-0.05, 0) is 0 Å². The summed E-state index contributed by atoms with van der Waals surface area (Å²) >= 11 is 0. The molecule has 0 aromatic rings. The van der Waals surface area contributed by atoms with Gasteiger partial charge < -0.3 is 5.73 Å². The Hall–Kier alpha value is 0.771. The molecule has 0 radical (unpaired) electrons. The third-order valence-electron chi connectivity index (χ3n) is 0. The monoisotopic (exact) mass is 132 g/mol. The fourth-order valence-electron chi connectivity index (χ4n) is 0. The molecule has 0 spiro atoms. The second-order valence-corrected chi connectivity index (χ2v) is 0.129. The number of nitriles is 1. The molecule has 0 saturated heterocycles. The van der Waals surface area contributed by atoms with Crippen LogP contribution in [0.1, 0.15) is 0 Å². The molecular formula is CH4N2Sr. The molecule has 3 heteroatoms. The van der Waals surface area contributed by atoms with E-state index < -0.39 is 0 Å². The Balaban J connectivity index is 0. The molecule has 0 aromatic heterocycles. The van der Waals surface area contributed by atoms with Gasteiger partial charge in [0.1, 0.15) is 0 Å². The Labute approximate surface area is 61.9 Å². The Bertz CT molecular complexity index is 27.5. The Morgan fingerprint density at radius 3 is 1.75 bits per heavy atom. The van der Waals surface area contributed by atoms with E-state index in [4.69, 9.17) is 5.26 Å². The fourth-order valence-corrected chi connectivity index (χ4v) is 0. The van der Waals surface area contributed by atoms with Crippen molar-refractivity contribution >= 4 is 45.5 Å². The average molecular weight is 132 g/mol. The molecule has 0 aliphatic carbocycles. The van der Waals surface area contributed by atoms with Crippen LogP contribution in [0, 0.1) is 11.5 Å². The van der Waals surface area contributed by atoms with Gasteiger partial charge in [0, 0.05) is 0 Å². The van der Waals surface area contributed by atoms with Crippen LogP contribution < -0.4 is 5.73 Å². The third kappa shape index (κ3) is 14.6. The second kappa shape index (κ2) is 9.23. The molecule has 0 rings (SSSR count). The van der Waals surface area contributed by atoms with Crippen molar-refractivity contribution in [3.63, 3.8) is 0 Å². The Kier molecular flexibility index (Phi) is 20.4. The van der Waals surface area contributed by atoms with Gasteiger partial charge in [0.15, 0.2) is 6.19 Å². The van der Waals surface area contributed by atoms with Gasteiger partial charge in [-0.1, -0.05) is 0 Å². The van der Waals surface area contributed by atoms with Crippen molar-refractivity contribution < 1.29 is 0 Å². The summed E-state index contributed by atoms with van der Waals surface area (Å²) in [4.78, 5) is 0. The summed E-state index contributed by atoms with van der Waals surface area (Å²) in [6.07, 6.45) is 1.25. The SMILES string of the molecule is N#CN.[SrH2]. The molecule has 2 nitrogen and oxygen atoms in total. The van der Waals surface area contributed by atoms with Gasteiger partial charge in [0.05, 0.1) is 0 Å². The molecule has 0 amide bonds. The molecule has 0 heterocycles. The van der Waals surface area contributed by atoms with Gasteiger partial charge >= 0.3 is 45.5 Å². The molecule has 0 aliphatic rings. The normalized spacial score (nSPS) is 1.75. The molecule has 20 valence electrons. The standard InChI is InChI=1S/CH2N2.Sr.2H/c2-1-3;;;/h2H2;;;. The minimum absolute atomic E-state index is 0. The van der Waals surface area contributed by atoms with Crippen LogP contribution in [0.5, 0.6) is 0 Å². The zero-order chi connectivity index (χ0) is 2.71. The van der Waals surface area contributed by atoms with Crippen LogP contribution >= 0.6 is 0 Å². The van der Waals surface area contributed by atoms with Crippen molar-refractivity contribution in [3.05, 3.63) is 0 Å². The first kappa shape index (κ1) is 8.84. The van der Waals surface area contributed by atoms with Crippen LogP contribution in [0.2, 0.25) is 0 Å². The van der Waals surface area contributed by atoms with Crippen LogP contribution in [-0.4, -0.2) is 45.5 Å². The summed E-state index contributed by atoms with van der Waals surface area (Å²) in [5, 5.41) is 7.10. The fraction of sp³-hybridized carbons (Fsp3) is 0. The van der Waals surface area contributed by atoms with E-state index in [1.165, 1.54) is 6.19 Å². The van der Waals surface area contributed by atoms with E-state index in [1.54, 1.807) is 0 Å². The summed E-state index contributed by atoms with van der Waals surface area (Å²) in [5.41, 5.74) is 4.15. The van der Waals surface area contributed by atoms with Crippen molar-refractivity contribution in [2.24, 2.45) is 5.73 Å². The number of rotatable bonds is 0. The molecule has 2 N–H and O–H groups in total. The van der Waals surface area contributed by atoms with E-state index in [0.717, 1.165) is 0 Å². The van der Waals surface area contributed by atoms with Crippen LogP contribution in [-0.2, 0) is 0 Å². The second-order valence-electron chi connectivity index (χ2n) is 0.129. The first-order chi connectivity index (χ1) is 1.41. The number of nitrogens with zero attached hydrogens (tertiary/aromatic N) is 1.